The van der Waals surface area contributed by atoms with Crippen molar-refractivity contribution >= 4 is 36.0 Å². The van der Waals surface area contributed by atoms with Crippen LogP contribution in [0.25, 0.3) is 0 Å². The van der Waals surface area contributed by atoms with Crippen LogP contribution in [0, 0.1) is 45.4 Å². The first-order chi connectivity index (χ1) is 35.3. The Hall–Kier alpha value is -5.41. The summed E-state index contributed by atoms with van der Waals surface area (Å²) in [5.74, 6) is 2.31. The Morgan fingerprint density at radius 3 is 1.21 bits per heavy atom. The summed E-state index contributed by atoms with van der Waals surface area (Å²) in [7, 11) is -3.43. The maximum Gasteiger partial charge on any atom is 0.159 e. The van der Waals surface area contributed by atoms with Gasteiger partial charge in [-0.1, -0.05) is 150 Å². The van der Waals surface area contributed by atoms with E-state index in [9.17, 15) is 5.26 Å². The molecule has 0 spiro atoms. The van der Waals surface area contributed by atoms with Crippen LogP contribution in [0.5, 0.6) is 5.75 Å². The topological polar surface area (TPSA) is 33.0 Å². The van der Waals surface area contributed by atoms with Gasteiger partial charge in [0.1, 0.15) is 34.5 Å². The van der Waals surface area contributed by atoms with Crippen LogP contribution < -0.4 is 68.2 Å². The van der Waals surface area contributed by atoms with Crippen LogP contribution in [0.2, 0.25) is 0 Å². The zero-order chi connectivity index (χ0) is 51.9. The molecule has 0 radical (unpaired) electrons. The van der Waals surface area contributed by atoms with E-state index in [-0.39, 0.29) is 57.3 Å². The average Bonchev–Trinajstić information content (AvgIpc) is 3.42. The minimum absolute atomic E-state index is 0. The molecule has 0 atom stereocenters. The molecule has 75 heavy (non-hydrogen) atoms. The van der Waals surface area contributed by atoms with Crippen LogP contribution in [0.1, 0.15) is 70.7 Å². The van der Waals surface area contributed by atoms with Gasteiger partial charge in [0.05, 0.1) is 13.3 Å². The monoisotopic (exact) mass is 1250 g/mol. The molecule has 0 unspecified atom stereocenters. The molecule has 0 N–H and O–H groups in total. The summed E-state index contributed by atoms with van der Waals surface area (Å²) in [4.78, 5) is 0. The minimum atomic E-state index is -1.91. The van der Waals surface area contributed by atoms with Crippen molar-refractivity contribution in [1.82, 2.24) is 0 Å². The predicted octanol–water partition coefficient (Wildman–Crippen LogP) is 10.9. The molecule has 388 valence electrons. The SMILES string of the molecule is C.C.C[P+](C)(Oc1ccccc1)c1ccccc1.Cc1ccc([I+]c2ccc(CC(C)C)cc2)cc1.Cc1ccc([I-]c2ccc(C(C)C)cc2)cc1.N#CC[P+](c1ccccc1)(c1ccccc1)c1ccccc1. The first-order valence-corrected chi connectivity index (χ1v) is 33.9. The van der Waals surface area contributed by atoms with Gasteiger partial charge in [0, 0.05) is 0 Å². The maximum absolute atomic E-state index is 9.56. The molecule has 0 saturated carbocycles. The quantitative estimate of drug-likeness (QED) is 0.0803. The molecule has 0 aliphatic carbocycles. The normalized spacial score (nSPS) is 10.7. The Morgan fingerprint density at radius 2 is 0.827 bits per heavy atom. The van der Waals surface area contributed by atoms with Crippen molar-refractivity contribution in [2.75, 3.05) is 19.5 Å². The number of nitrogens with zero attached hydrogens (tertiary/aromatic N) is 1. The van der Waals surface area contributed by atoms with E-state index in [0.29, 0.717) is 12.1 Å². The van der Waals surface area contributed by atoms with Crippen molar-refractivity contribution in [3.63, 3.8) is 0 Å². The number of hydrogen-bond donors (Lipinski definition) is 0. The van der Waals surface area contributed by atoms with Crippen molar-refractivity contribution in [3.8, 4) is 11.8 Å². The second kappa shape index (κ2) is 32.2. The van der Waals surface area contributed by atoms with Gasteiger partial charge in [0.2, 0.25) is 7.49 Å². The first-order valence-electron chi connectivity index (χ1n) is 25.0. The van der Waals surface area contributed by atoms with E-state index in [1.807, 2.05) is 54.6 Å². The van der Waals surface area contributed by atoms with E-state index in [2.05, 4.69) is 255 Å². The zero-order valence-corrected chi connectivity index (χ0v) is 49.8. The molecule has 0 aliphatic rings. The van der Waals surface area contributed by atoms with Gasteiger partial charge in [-0.05, 0) is 110 Å². The second-order valence-electron chi connectivity index (χ2n) is 18.9. The fourth-order valence-corrected chi connectivity index (χ4v) is 17.6. The van der Waals surface area contributed by atoms with Gasteiger partial charge in [-0.2, -0.15) is 5.26 Å². The summed E-state index contributed by atoms with van der Waals surface area (Å²) in [6.45, 7) is 17.7. The third-order valence-electron chi connectivity index (χ3n) is 11.9. The molecule has 9 rings (SSSR count). The van der Waals surface area contributed by atoms with Crippen molar-refractivity contribution < 1.29 is 46.9 Å². The van der Waals surface area contributed by atoms with E-state index in [0.717, 1.165) is 11.7 Å². The van der Waals surface area contributed by atoms with Crippen LogP contribution >= 0.6 is 14.8 Å². The van der Waals surface area contributed by atoms with Gasteiger partial charge < -0.3 is 4.52 Å². The summed E-state index contributed by atoms with van der Waals surface area (Å²) < 4.78 is 12.1. The van der Waals surface area contributed by atoms with Crippen molar-refractivity contribution in [1.29, 1.82) is 5.26 Å². The maximum atomic E-state index is 9.56. The predicted molar refractivity (Wildman–Crippen MR) is 324 cm³/mol. The number of rotatable bonds is 14. The standard InChI is InChI=1S/C20H17NP.C17H20I.C16H18I.C14H16OP.2CH4/c21-16-17-22(18-10-4-1-5-11-18,19-12-6-2-7-13-19)20-14-8-3-9-15-20;1-13(2)12-15-6-10-17(11-7-15)18-16-8-4-14(3)5-9-16;1-12(2)14-6-10-16(11-7-14)17-15-8-4-13(3)5-9-15;1-16(2,14-11-7-4-8-12-14)15-13-9-5-3-6-10-13;;/h1-15H,17H2;4-11,13H,12H2,1-3H3;4-12H,1-3H3;3-12H,1-2H3;2*1H4/q2*+1;-1;+1;;. The molecule has 0 amide bonds. The van der Waals surface area contributed by atoms with Gasteiger partial charge in [0.15, 0.2) is 19.1 Å². The van der Waals surface area contributed by atoms with Crippen LogP contribution in [0.4, 0.5) is 0 Å². The van der Waals surface area contributed by atoms with E-state index in [4.69, 9.17) is 4.52 Å². The summed E-state index contributed by atoms with van der Waals surface area (Å²) in [5, 5.41) is 14.6. The third-order valence-corrected chi connectivity index (χ3v) is 23.6. The fraction of sp³-hybridized carbons (Fsp3) is 0.203. The molecule has 6 heteroatoms. The molecule has 0 fully saturated rings. The third kappa shape index (κ3) is 19.9. The Bertz CT molecular complexity index is 2880. The molecule has 0 bridgehead atoms. The Morgan fingerprint density at radius 1 is 0.467 bits per heavy atom. The number of hydrogen-bond acceptors (Lipinski definition) is 2. The summed E-state index contributed by atoms with van der Waals surface area (Å²) in [6.07, 6.45) is 1.70. The molecule has 0 aromatic heterocycles. The molecular weight excluding hydrogens is 1170 g/mol. The summed E-state index contributed by atoms with van der Waals surface area (Å²) in [5.41, 5.74) is 5.58. The van der Waals surface area contributed by atoms with Gasteiger partial charge in [0.25, 0.3) is 0 Å². The second-order valence-corrected chi connectivity index (χ2v) is 31.9. The van der Waals surface area contributed by atoms with Crippen molar-refractivity contribution in [3.05, 3.63) is 285 Å². The van der Waals surface area contributed by atoms with E-state index in [1.54, 1.807) is 0 Å². The van der Waals surface area contributed by atoms with Crippen molar-refractivity contribution in [2.45, 2.75) is 68.7 Å². The average molecular weight is 1250 g/mol. The number of nitriles is 1. The first kappa shape index (κ1) is 62.1. The fourth-order valence-electron chi connectivity index (χ4n) is 7.97. The molecule has 2 nitrogen and oxygen atoms in total. The van der Waals surface area contributed by atoms with E-state index >= 15 is 0 Å². The van der Waals surface area contributed by atoms with Gasteiger partial charge in [-0.15, -0.1) is 0 Å². The number of benzene rings is 9. The zero-order valence-electron chi connectivity index (χ0n) is 43.7. The Labute approximate surface area is 475 Å². The van der Waals surface area contributed by atoms with Crippen LogP contribution in [0.3, 0.4) is 0 Å². The van der Waals surface area contributed by atoms with Crippen LogP contribution in [-0.4, -0.2) is 19.5 Å². The molecule has 0 saturated heterocycles. The molecular formula is C69H79I2NOP2+2. The smallest absolute Gasteiger partial charge is 0.159 e. The number of halogens is 2. The van der Waals surface area contributed by atoms with Gasteiger partial charge >= 0.3 is 136 Å². The molecule has 9 aromatic carbocycles. The van der Waals surface area contributed by atoms with Crippen molar-refractivity contribution in [2.24, 2.45) is 5.92 Å². The molecule has 0 aliphatic heterocycles. The van der Waals surface area contributed by atoms with Crippen LogP contribution in [0.15, 0.2) is 249 Å². The summed E-state index contributed by atoms with van der Waals surface area (Å²) in [6, 6.07) is 90.5. The van der Waals surface area contributed by atoms with E-state index in [1.165, 1.54) is 64.2 Å². The molecule has 9 aromatic rings. The minimum Gasteiger partial charge on any atom is -0.194 e. The van der Waals surface area contributed by atoms with Gasteiger partial charge in [-0.25, -0.2) is 0 Å². The van der Waals surface area contributed by atoms with Crippen LogP contribution in [-0.2, 0) is 6.42 Å². The Balaban J connectivity index is 0.000000216. The number of aryl methyl sites for hydroxylation is 2. The van der Waals surface area contributed by atoms with Gasteiger partial charge in [-0.3, -0.25) is 0 Å². The Kier molecular flexibility index (Phi) is 26.7. The molecule has 0 heterocycles. The largest absolute Gasteiger partial charge is 0.194 e. The number of para-hydroxylation sites is 1. The summed E-state index contributed by atoms with van der Waals surface area (Å²) >= 11 is -0.0346. The van der Waals surface area contributed by atoms with E-state index < -0.39 is 14.8 Å².